The SMILES string of the molecule is COc1cc(C)nc(CNCC2CCN(C)CC2)c1. The normalized spacial score (nSPS) is 17.6. The van der Waals surface area contributed by atoms with Crippen molar-refractivity contribution in [2.24, 2.45) is 5.92 Å². The molecule has 4 nitrogen and oxygen atoms in total. The van der Waals surface area contributed by atoms with Crippen LogP contribution in [0.3, 0.4) is 0 Å². The Morgan fingerprint density at radius 3 is 2.79 bits per heavy atom. The molecule has 0 bridgehead atoms. The lowest BCUT2D eigenvalue weighted by atomic mass is 9.97. The van der Waals surface area contributed by atoms with E-state index in [1.807, 2.05) is 19.1 Å². The van der Waals surface area contributed by atoms with Crippen molar-refractivity contribution in [3.05, 3.63) is 23.5 Å². The zero-order valence-corrected chi connectivity index (χ0v) is 12.3. The predicted molar refractivity (Wildman–Crippen MR) is 77.5 cm³/mol. The maximum absolute atomic E-state index is 5.27. The zero-order chi connectivity index (χ0) is 13.7. The van der Waals surface area contributed by atoms with Crippen LogP contribution < -0.4 is 10.1 Å². The number of methoxy groups -OCH3 is 1. The van der Waals surface area contributed by atoms with Gasteiger partial charge in [-0.3, -0.25) is 4.98 Å². The Balaban J connectivity index is 1.77. The molecular weight excluding hydrogens is 238 g/mol. The number of nitrogens with one attached hydrogen (secondary N) is 1. The number of ether oxygens (including phenoxy) is 1. The van der Waals surface area contributed by atoms with E-state index in [1.54, 1.807) is 7.11 Å². The van der Waals surface area contributed by atoms with Crippen molar-refractivity contribution >= 4 is 0 Å². The van der Waals surface area contributed by atoms with Crippen molar-refractivity contribution in [1.82, 2.24) is 15.2 Å². The number of nitrogens with zero attached hydrogens (tertiary/aromatic N) is 2. The molecule has 2 heterocycles. The van der Waals surface area contributed by atoms with Gasteiger partial charge in [0.1, 0.15) is 5.75 Å². The molecule has 0 aromatic carbocycles. The molecule has 1 aliphatic rings. The molecule has 19 heavy (non-hydrogen) atoms. The minimum atomic E-state index is 0.808. The van der Waals surface area contributed by atoms with E-state index in [4.69, 9.17) is 4.74 Å². The Morgan fingerprint density at radius 2 is 2.11 bits per heavy atom. The molecule has 1 aromatic heterocycles. The summed E-state index contributed by atoms with van der Waals surface area (Å²) in [6.07, 6.45) is 2.60. The first-order valence-electron chi connectivity index (χ1n) is 7.08. The summed E-state index contributed by atoms with van der Waals surface area (Å²) >= 11 is 0. The molecule has 106 valence electrons. The third-order valence-corrected chi connectivity index (χ3v) is 3.79. The van der Waals surface area contributed by atoms with Crippen LogP contribution in [0.15, 0.2) is 12.1 Å². The molecule has 0 amide bonds. The predicted octanol–water partition coefficient (Wildman–Crippen LogP) is 1.83. The third-order valence-electron chi connectivity index (χ3n) is 3.79. The first-order chi connectivity index (χ1) is 9.17. The van der Waals surface area contributed by atoms with E-state index in [-0.39, 0.29) is 0 Å². The second-order valence-corrected chi connectivity index (χ2v) is 5.52. The third kappa shape index (κ3) is 4.48. The molecule has 0 aliphatic carbocycles. The van der Waals surface area contributed by atoms with E-state index in [0.29, 0.717) is 0 Å². The monoisotopic (exact) mass is 263 g/mol. The van der Waals surface area contributed by atoms with E-state index < -0.39 is 0 Å². The van der Waals surface area contributed by atoms with Gasteiger partial charge in [0.15, 0.2) is 0 Å². The van der Waals surface area contributed by atoms with Crippen molar-refractivity contribution in [2.75, 3.05) is 33.8 Å². The summed E-state index contributed by atoms with van der Waals surface area (Å²) in [4.78, 5) is 6.93. The zero-order valence-electron chi connectivity index (χ0n) is 12.3. The molecule has 0 atom stereocenters. The lowest BCUT2D eigenvalue weighted by molar-refractivity contribution is 0.216. The van der Waals surface area contributed by atoms with Crippen molar-refractivity contribution < 1.29 is 4.74 Å². The Bertz CT molecular complexity index is 400. The average Bonchev–Trinajstić information content (AvgIpc) is 2.40. The fraction of sp³-hybridized carbons (Fsp3) is 0.667. The highest BCUT2D eigenvalue weighted by Crippen LogP contribution is 2.16. The van der Waals surface area contributed by atoms with E-state index >= 15 is 0 Å². The molecular formula is C15H25N3O. The number of rotatable bonds is 5. The first kappa shape index (κ1) is 14.3. The Labute approximate surface area is 116 Å². The van der Waals surface area contributed by atoms with Crippen LogP contribution in [-0.4, -0.2) is 43.7 Å². The van der Waals surface area contributed by atoms with Crippen LogP contribution in [0.4, 0.5) is 0 Å². The van der Waals surface area contributed by atoms with Crippen LogP contribution in [-0.2, 0) is 6.54 Å². The van der Waals surface area contributed by atoms with Gasteiger partial charge in [0.2, 0.25) is 0 Å². The highest BCUT2D eigenvalue weighted by Gasteiger charge is 2.15. The topological polar surface area (TPSA) is 37.4 Å². The smallest absolute Gasteiger partial charge is 0.122 e. The van der Waals surface area contributed by atoms with Crippen LogP contribution in [0.25, 0.3) is 0 Å². The van der Waals surface area contributed by atoms with Crippen LogP contribution in [0.2, 0.25) is 0 Å². The average molecular weight is 263 g/mol. The van der Waals surface area contributed by atoms with Gasteiger partial charge in [0, 0.05) is 24.4 Å². The standard InChI is InChI=1S/C15H25N3O/c1-12-8-15(19-3)9-14(17-12)11-16-10-13-4-6-18(2)7-5-13/h8-9,13,16H,4-7,10-11H2,1-3H3. The van der Waals surface area contributed by atoms with Crippen LogP contribution in [0.5, 0.6) is 5.75 Å². The lowest BCUT2D eigenvalue weighted by Crippen LogP contribution is -2.34. The van der Waals surface area contributed by atoms with E-state index in [9.17, 15) is 0 Å². The van der Waals surface area contributed by atoms with E-state index in [2.05, 4.69) is 22.2 Å². The molecule has 1 aromatic rings. The highest BCUT2D eigenvalue weighted by atomic mass is 16.5. The Morgan fingerprint density at radius 1 is 1.37 bits per heavy atom. The van der Waals surface area contributed by atoms with E-state index in [0.717, 1.165) is 36.1 Å². The van der Waals surface area contributed by atoms with Gasteiger partial charge in [0.05, 0.1) is 12.8 Å². The highest BCUT2D eigenvalue weighted by molar-refractivity contribution is 5.26. The van der Waals surface area contributed by atoms with Crippen molar-refractivity contribution in [1.29, 1.82) is 0 Å². The van der Waals surface area contributed by atoms with Gasteiger partial charge in [-0.1, -0.05) is 0 Å². The second-order valence-electron chi connectivity index (χ2n) is 5.52. The molecule has 0 unspecified atom stereocenters. The molecule has 0 radical (unpaired) electrons. The summed E-state index contributed by atoms with van der Waals surface area (Å²) in [7, 11) is 3.90. The number of aromatic nitrogens is 1. The fourth-order valence-electron chi connectivity index (χ4n) is 2.58. The fourth-order valence-corrected chi connectivity index (χ4v) is 2.58. The van der Waals surface area contributed by atoms with Crippen molar-refractivity contribution in [3.63, 3.8) is 0 Å². The van der Waals surface area contributed by atoms with Gasteiger partial charge in [0.25, 0.3) is 0 Å². The molecule has 1 fully saturated rings. The largest absolute Gasteiger partial charge is 0.497 e. The molecule has 4 heteroatoms. The Kier molecular flexibility index (Phi) is 5.16. The quantitative estimate of drug-likeness (QED) is 0.879. The molecule has 2 rings (SSSR count). The van der Waals surface area contributed by atoms with Gasteiger partial charge in [-0.2, -0.15) is 0 Å². The number of pyridine rings is 1. The first-order valence-corrected chi connectivity index (χ1v) is 7.08. The Hall–Kier alpha value is -1.13. The molecule has 0 saturated carbocycles. The maximum Gasteiger partial charge on any atom is 0.122 e. The molecule has 1 saturated heterocycles. The van der Waals surface area contributed by atoms with Crippen LogP contribution in [0, 0.1) is 12.8 Å². The summed E-state index contributed by atoms with van der Waals surface area (Å²) < 4.78 is 5.27. The van der Waals surface area contributed by atoms with Crippen molar-refractivity contribution in [2.45, 2.75) is 26.3 Å². The van der Waals surface area contributed by atoms with E-state index in [1.165, 1.54) is 25.9 Å². The number of hydrogen-bond acceptors (Lipinski definition) is 4. The van der Waals surface area contributed by atoms with Crippen molar-refractivity contribution in [3.8, 4) is 5.75 Å². The lowest BCUT2D eigenvalue weighted by Gasteiger charge is -2.29. The summed E-state index contributed by atoms with van der Waals surface area (Å²) in [5.74, 6) is 1.70. The summed E-state index contributed by atoms with van der Waals surface area (Å²) in [6.45, 7) is 6.37. The summed E-state index contributed by atoms with van der Waals surface area (Å²) in [6, 6.07) is 3.97. The number of piperidine rings is 1. The number of aryl methyl sites for hydroxylation is 1. The van der Waals surface area contributed by atoms with Crippen LogP contribution >= 0.6 is 0 Å². The van der Waals surface area contributed by atoms with Gasteiger partial charge < -0.3 is 15.0 Å². The molecule has 1 N–H and O–H groups in total. The summed E-state index contributed by atoms with van der Waals surface area (Å²) in [5, 5.41) is 3.53. The van der Waals surface area contributed by atoms with Gasteiger partial charge in [-0.15, -0.1) is 0 Å². The number of likely N-dealkylation sites (tertiary alicyclic amines) is 1. The second kappa shape index (κ2) is 6.87. The van der Waals surface area contributed by atoms with Crippen LogP contribution in [0.1, 0.15) is 24.2 Å². The van der Waals surface area contributed by atoms with Gasteiger partial charge >= 0.3 is 0 Å². The van der Waals surface area contributed by atoms with Gasteiger partial charge in [-0.05, 0) is 52.4 Å². The maximum atomic E-state index is 5.27. The molecule has 1 aliphatic heterocycles. The molecule has 0 spiro atoms. The minimum Gasteiger partial charge on any atom is -0.497 e. The van der Waals surface area contributed by atoms with Gasteiger partial charge in [-0.25, -0.2) is 0 Å². The summed E-state index contributed by atoms with van der Waals surface area (Å²) in [5.41, 5.74) is 2.07. The minimum absolute atomic E-state index is 0.808. The number of hydrogen-bond donors (Lipinski definition) is 1.